The Morgan fingerprint density at radius 3 is 2.00 bits per heavy atom. The monoisotopic (exact) mass is 600 g/mol. The molecule has 0 unspecified atom stereocenters. The van der Waals surface area contributed by atoms with Crippen LogP contribution in [0.5, 0.6) is 11.5 Å². The number of hydrogen-bond acceptors (Lipinski definition) is 7. The van der Waals surface area contributed by atoms with Gasteiger partial charge in [0.2, 0.25) is 11.7 Å². The standard InChI is InChI=1S/C34H36N2O6S/c1-34(2,3)42-33(39)35-28(21-23-9-7-6-8-10-23)32(38)36(22-24-11-15-26(40-4)16-12-24)29-19-20-43-31(29)30(37)25-13-17-27(41-5)18-14-25/h6-20,28H,21-22H2,1-5H3,(H,35,39)/t28-/m0/s1. The molecule has 1 N–H and O–H groups in total. The fourth-order valence-corrected chi connectivity index (χ4v) is 5.30. The molecule has 0 fully saturated rings. The van der Waals surface area contributed by atoms with Crippen LogP contribution in [0.1, 0.15) is 47.1 Å². The zero-order valence-electron chi connectivity index (χ0n) is 25.0. The summed E-state index contributed by atoms with van der Waals surface area (Å²) in [7, 11) is 3.15. The lowest BCUT2D eigenvalue weighted by atomic mass is 10.0. The topological polar surface area (TPSA) is 94.2 Å². The highest BCUT2D eigenvalue weighted by Gasteiger charge is 2.32. The minimum atomic E-state index is -0.973. The Morgan fingerprint density at radius 2 is 1.42 bits per heavy atom. The highest BCUT2D eigenvalue weighted by molar-refractivity contribution is 7.13. The summed E-state index contributed by atoms with van der Waals surface area (Å²) in [6.07, 6.45) is -0.477. The quantitative estimate of drug-likeness (QED) is 0.193. The first-order valence-electron chi connectivity index (χ1n) is 13.8. The molecule has 0 spiro atoms. The van der Waals surface area contributed by atoms with Crippen LogP contribution in [0.3, 0.4) is 0 Å². The van der Waals surface area contributed by atoms with E-state index in [9.17, 15) is 14.4 Å². The number of anilines is 1. The second-order valence-electron chi connectivity index (χ2n) is 10.9. The number of amides is 2. The van der Waals surface area contributed by atoms with E-state index in [4.69, 9.17) is 14.2 Å². The first-order chi connectivity index (χ1) is 20.6. The van der Waals surface area contributed by atoms with Gasteiger partial charge < -0.3 is 24.4 Å². The maximum atomic E-state index is 14.5. The van der Waals surface area contributed by atoms with Gasteiger partial charge >= 0.3 is 6.09 Å². The van der Waals surface area contributed by atoms with E-state index in [0.29, 0.717) is 27.6 Å². The summed E-state index contributed by atoms with van der Waals surface area (Å²) in [5, 5.41) is 4.58. The number of rotatable bonds is 11. The number of carbonyl (C=O) groups excluding carboxylic acids is 3. The molecule has 43 heavy (non-hydrogen) atoms. The van der Waals surface area contributed by atoms with Crippen molar-refractivity contribution in [2.45, 2.75) is 45.4 Å². The number of methoxy groups -OCH3 is 2. The Morgan fingerprint density at radius 1 is 0.814 bits per heavy atom. The number of alkyl carbamates (subject to hydrolysis) is 1. The molecule has 1 atom stereocenters. The Bertz CT molecular complexity index is 1530. The number of nitrogens with zero attached hydrogens (tertiary/aromatic N) is 1. The van der Waals surface area contributed by atoms with E-state index in [2.05, 4.69) is 5.32 Å². The van der Waals surface area contributed by atoms with E-state index >= 15 is 0 Å². The van der Waals surface area contributed by atoms with Crippen LogP contribution in [-0.4, -0.2) is 43.6 Å². The summed E-state index contributed by atoms with van der Waals surface area (Å²) in [4.78, 5) is 43.1. The Kier molecular flexibility index (Phi) is 10.2. The number of ketones is 1. The van der Waals surface area contributed by atoms with E-state index in [0.717, 1.165) is 11.1 Å². The van der Waals surface area contributed by atoms with Crippen molar-refractivity contribution in [2.75, 3.05) is 19.1 Å². The SMILES string of the molecule is COc1ccc(CN(C(=O)[C@H](Cc2ccccc2)NC(=O)OC(C)(C)C)c2ccsc2C(=O)c2ccc(OC)cc2)cc1. The van der Waals surface area contributed by atoms with Crippen molar-refractivity contribution in [3.05, 3.63) is 112 Å². The lowest BCUT2D eigenvalue weighted by Crippen LogP contribution is -2.51. The second kappa shape index (κ2) is 14.0. The van der Waals surface area contributed by atoms with E-state index in [1.165, 1.54) is 11.3 Å². The first kappa shape index (κ1) is 31.3. The molecule has 0 radical (unpaired) electrons. The number of nitrogens with one attached hydrogen (secondary N) is 1. The van der Waals surface area contributed by atoms with Gasteiger partial charge in [-0.2, -0.15) is 0 Å². The van der Waals surface area contributed by atoms with Gasteiger partial charge in [0.1, 0.15) is 23.1 Å². The Balaban J connectivity index is 1.74. The van der Waals surface area contributed by atoms with Crippen LogP contribution in [0.2, 0.25) is 0 Å². The van der Waals surface area contributed by atoms with Gasteiger partial charge in [-0.05, 0) is 79.7 Å². The molecular formula is C34H36N2O6S. The van der Waals surface area contributed by atoms with Crippen molar-refractivity contribution < 1.29 is 28.6 Å². The molecule has 0 aliphatic rings. The summed E-state index contributed by atoms with van der Waals surface area (Å²) < 4.78 is 16.1. The van der Waals surface area contributed by atoms with Gasteiger partial charge in [-0.15, -0.1) is 11.3 Å². The van der Waals surface area contributed by atoms with E-state index in [1.807, 2.05) is 54.6 Å². The van der Waals surface area contributed by atoms with Crippen molar-refractivity contribution in [1.82, 2.24) is 5.32 Å². The van der Waals surface area contributed by atoms with Crippen molar-refractivity contribution in [3.8, 4) is 11.5 Å². The zero-order chi connectivity index (χ0) is 31.0. The molecule has 4 rings (SSSR count). The molecule has 9 heteroatoms. The van der Waals surface area contributed by atoms with Crippen LogP contribution in [0.4, 0.5) is 10.5 Å². The van der Waals surface area contributed by atoms with Gasteiger partial charge in [-0.1, -0.05) is 42.5 Å². The zero-order valence-corrected chi connectivity index (χ0v) is 25.8. The molecule has 1 aromatic heterocycles. The third kappa shape index (κ3) is 8.45. The average molecular weight is 601 g/mol. The molecule has 0 saturated carbocycles. The number of hydrogen-bond donors (Lipinski definition) is 1. The third-order valence-electron chi connectivity index (χ3n) is 6.53. The smallest absolute Gasteiger partial charge is 0.408 e. The van der Waals surface area contributed by atoms with Gasteiger partial charge in [0.15, 0.2) is 0 Å². The Labute approximate surface area is 256 Å². The minimum absolute atomic E-state index is 0.156. The van der Waals surface area contributed by atoms with Crippen LogP contribution in [0, 0.1) is 0 Å². The van der Waals surface area contributed by atoms with E-state index in [-0.39, 0.29) is 24.7 Å². The predicted octanol–water partition coefficient (Wildman–Crippen LogP) is 6.67. The molecule has 0 aliphatic carbocycles. The average Bonchev–Trinajstić information content (AvgIpc) is 3.48. The number of carbonyl (C=O) groups is 3. The molecule has 3 aromatic carbocycles. The fraction of sp³-hybridized carbons (Fsp3) is 0.265. The number of ether oxygens (including phenoxy) is 3. The third-order valence-corrected chi connectivity index (χ3v) is 7.43. The number of thiophene rings is 1. The van der Waals surface area contributed by atoms with Gasteiger partial charge in [0.25, 0.3) is 0 Å². The van der Waals surface area contributed by atoms with Gasteiger partial charge in [0, 0.05) is 12.0 Å². The lowest BCUT2D eigenvalue weighted by Gasteiger charge is -2.29. The second-order valence-corrected chi connectivity index (χ2v) is 11.8. The lowest BCUT2D eigenvalue weighted by molar-refractivity contribution is -0.120. The Hall–Kier alpha value is -4.63. The van der Waals surface area contributed by atoms with Crippen molar-refractivity contribution in [2.24, 2.45) is 0 Å². The first-order valence-corrected chi connectivity index (χ1v) is 14.7. The van der Waals surface area contributed by atoms with Crippen LogP contribution in [0.25, 0.3) is 0 Å². The van der Waals surface area contributed by atoms with E-state index in [1.54, 1.807) is 75.6 Å². The molecule has 224 valence electrons. The van der Waals surface area contributed by atoms with Crippen LogP contribution >= 0.6 is 11.3 Å². The molecule has 8 nitrogen and oxygen atoms in total. The molecule has 4 aromatic rings. The maximum absolute atomic E-state index is 14.5. The molecule has 2 amide bonds. The van der Waals surface area contributed by atoms with Gasteiger partial charge in [0.05, 0.1) is 31.3 Å². The maximum Gasteiger partial charge on any atom is 0.408 e. The molecule has 0 aliphatic heterocycles. The predicted molar refractivity (Wildman–Crippen MR) is 168 cm³/mol. The van der Waals surface area contributed by atoms with Crippen molar-refractivity contribution in [3.63, 3.8) is 0 Å². The minimum Gasteiger partial charge on any atom is -0.497 e. The fourth-order valence-electron chi connectivity index (χ4n) is 4.44. The molecule has 0 bridgehead atoms. The largest absolute Gasteiger partial charge is 0.497 e. The highest BCUT2D eigenvalue weighted by atomic mass is 32.1. The van der Waals surface area contributed by atoms with Crippen molar-refractivity contribution in [1.29, 1.82) is 0 Å². The summed E-state index contributed by atoms with van der Waals surface area (Å²) in [6, 6.07) is 24.4. The van der Waals surface area contributed by atoms with E-state index < -0.39 is 17.7 Å². The van der Waals surface area contributed by atoms with Crippen LogP contribution in [-0.2, 0) is 22.5 Å². The summed E-state index contributed by atoms with van der Waals surface area (Å²) >= 11 is 1.26. The van der Waals surface area contributed by atoms with Crippen LogP contribution in [0.15, 0.2) is 90.3 Å². The molecular weight excluding hydrogens is 564 g/mol. The van der Waals surface area contributed by atoms with Crippen molar-refractivity contribution >= 4 is 34.8 Å². The van der Waals surface area contributed by atoms with Crippen LogP contribution < -0.4 is 19.7 Å². The molecule has 1 heterocycles. The summed E-state index contributed by atoms with van der Waals surface area (Å²) in [6.45, 7) is 5.45. The number of benzene rings is 3. The normalized spacial score (nSPS) is 11.7. The van der Waals surface area contributed by atoms with Gasteiger partial charge in [-0.3, -0.25) is 9.59 Å². The summed E-state index contributed by atoms with van der Waals surface area (Å²) in [5.74, 6) is 0.713. The molecule has 0 saturated heterocycles. The van der Waals surface area contributed by atoms with Gasteiger partial charge in [-0.25, -0.2) is 4.79 Å². The summed E-state index contributed by atoms with van der Waals surface area (Å²) in [5.41, 5.74) is 1.85. The highest BCUT2D eigenvalue weighted by Crippen LogP contribution is 2.32.